The minimum absolute atomic E-state index is 0.107. The number of nitrogens with one attached hydrogen (secondary N) is 1. The molecule has 0 radical (unpaired) electrons. The molecule has 1 N–H and O–H groups in total. The smallest absolute Gasteiger partial charge is 0.255 e. The minimum Gasteiger partial charge on any atom is -0.338 e. The number of carbonyl (C=O) groups excluding carboxylic acids is 2. The highest BCUT2D eigenvalue weighted by atomic mass is 79.9. The van der Waals surface area contributed by atoms with Crippen molar-refractivity contribution in [1.82, 2.24) is 9.88 Å². The molecule has 0 aliphatic carbocycles. The number of nitrogens with zero attached hydrogens (tertiary/aromatic N) is 2. The summed E-state index contributed by atoms with van der Waals surface area (Å²) in [6.45, 7) is 2.89. The molecule has 1 aliphatic heterocycles. The molecule has 3 rings (SSSR count). The highest BCUT2D eigenvalue weighted by Crippen LogP contribution is 2.25. The first kappa shape index (κ1) is 18.9. The Bertz CT molecular complexity index is 843. The van der Waals surface area contributed by atoms with Crippen molar-refractivity contribution in [3.8, 4) is 0 Å². The van der Waals surface area contributed by atoms with E-state index in [1.165, 1.54) is 0 Å². The number of carbonyl (C=O) groups is 2. The lowest BCUT2D eigenvalue weighted by atomic mass is 9.96. The standard InChI is InChI=1S/C19H19BrClN3O2/c1-12-4-2-8-22-17(12)23-18(25)13-5-3-9-24(11-13)19(26)15-10-14(20)6-7-16(15)21/h2,4,6-8,10,13H,3,5,9,11H2,1H3,(H,22,23,25). The molecule has 2 heterocycles. The summed E-state index contributed by atoms with van der Waals surface area (Å²) in [5.41, 5.74) is 1.35. The number of anilines is 1. The molecule has 0 spiro atoms. The molecule has 1 unspecified atom stereocenters. The third-order valence-electron chi connectivity index (χ3n) is 4.49. The van der Waals surface area contributed by atoms with E-state index in [0.717, 1.165) is 22.9 Å². The fourth-order valence-electron chi connectivity index (χ4n) is 3.04. The SMILES string of the molecule is Cc1cccnc1NC(=O)C1CCCN(C(=O)c2cc(Br)ccc2Cl)C1. The number of hydrogen-bond acceptors (Lipinski definition) is 3. The van der Waals surface area contributed by atoms with Crippen molar-refractivity contribution < 1.29 is 9.59 Å². The van der Waals surface area contributed by atoms with Crippen LogP contribution in [0.3, 0.4) is 0 Å². The van der Waals surface area contributed by atoms with Crippen LogP contribution in [0.4, 0.5) is 5.82 Å². The van der Waals surface area contributed by atoms with E-state index in [-0.39, 0.29) is 17.7 Å². The molecule has 1 aliphatic rings. The van der Waals surface area contributed by atoms with Gasteiger partial charge in [-0.05, 0) is 49.6 Å². The van der Waals surface area contributed by atoms with Crippen LogP contribution in [0.15, 0.2) is 41.0 Å². The molecule has 0 saturated carbocycles. The lowest BCUT2D eigenvalue weighted by molar-refractivity contribution is -0.121. The van der Waals surface area contributed by atoms with E-state index in [1.807, 2.05) is 19.1 Å². The van der Waals surface area contributed by atoms with Crippen LogP contribution in [0.25, 0.3) is 0 Å². The van der Waals surface area contributed by atoms with E-state index in [1.54, 1.807) is 29.3 Å². The number of aryl methyl sites for hydroxylation is 1. The van der Waals surface area contributed by atoms with Crippen molar-refractivity contribution in [2.45, 2.75) is 19.8 Å². The summed E-state index contributed by atoms with van der Waals surface area (Å²) in [5.74, 6) is 0.0449. The maximum Gasteiger partial charge on any atom is 0.255 e. The molecule has 26 heavy (non-hydrogen) atoms. The van der Waals surface area contributed by atoms with Gasteiger partial charge in [-0.15, -0.1) is 0 Å². The topological polar surface area (TPSA) is 62.3 Å². The van der Waals surface area contributed by atoms with E-state index in [0.29, 0.717) is 29.5 Å². The molecular weight excluding hydrogens is 418 g/mol. The first-order valence-corrected chi connectivity index (χ1v) is 9.59. The van der Waals surface area contributed by atoms with Crippen LogP contribution in [-0.2, 0) is 4.79 Å². The Morgan fingerprint density at radius 2 is 2.15 bits per heavy atom. The van der Waals surface area contributed by atoms with Gasteiger partial charge in [0.05, 0.1) is 16.5 Å². The number of halogens is 2. The van der Waals surface area contributed by atoms with Gasteiger partial charge in [0, 0.05) is 23.8 Å². The lowest BCUT2D eigenvalue weighted by Crippen LogP contribution is -2.44. The highest BCUT2D eigenvalue weighted by Gasteiger charge is 2.30. The first-order chi connectivity index (χ1) is 12.5. The van der Waals surface area contributed by atoms with E-state index in [4.69, 9.17) is 11.6 Å². The van der Waals surface area contributed by atoms with Gasteiger partial charge in [-0.25, -0.2) is 4.98 Å². The Labute approximate surface area is 165 Å². The van der Waals surface area contributed by atoms with Crippen LogP contribution < -0.4 is 5.32 Å². The normalized spacial score (nSPS) is 17.0. The van der Waals surface area contributed by atoms with Crippen LogP contribution in [0.1, 0.15) is 28.8 Å². The minimum atomic E-state index is -0.264. The molecule has 1 saturated heterocycles. The Balaban J connectivity index is 1.71. The number of piperidine rings is 1. The van der Waals surface area contributed by atoms with Crippen molar-refractivity contribution >= 4 is 45.2 Å². The van der Waals surface area contributed by atoms with Gasteiger partial charge in [-0.2, -0.15) is 0 Å². The summed E-state index contributed by atoms with van der Waals surface area (Å²) >= 11 is 9.55. The summed E-state index contributed by atoms with van der Waals surface area (Å²) in [7, 11) is 0. The van der Waals surface area contributed by atoms with E-state index < -0.39 is 0 Å². The van der Waals surface area contributed by atoms with Crippen molar-refractivity contribution in [3.05, 3.63) is 57.2 Å². The number of hydrogen-bond donors (Lipinski definition) is 1. The summed E-state index contributed by atoms with van der Waals surface area (Å²) < 4.78 is 0.794. The number of benzene rings is 1. The van der Waals surface area contributed by atoms with Gasteiger partial charge in [0.1, 0.15) is 5.82 Å². The monoisotopic (exact) mass is 435 g/mol. The zero-order valence-corrected chi connectivity index (χ0v) is 16.7. The highest BCUT2D eigenvalue weighted by molar-refractivity contribution is 9.10. The molecule has 7 heteroatoms. The molecule has 1 aromatic carbocycles. The Morgan fingerprint density at radius 1 is 1.35 bits per heavy atom. The van der Waals surface area contributed by atoms with Crippen molar-refractivity contribution in [3.63, 3.8) is 0 Å². The molecule has 5 nitrogen and oxygen atoms in total. The molecular formula is C19H19BrClN3O2. The molecule has 2 aromatic rings. The molecule has 2 amide bonds. The Kier molecular flexibility index (Phi) is 5.94. The number of pyridine rings is 1. The number of likely N-dealkylation sites (tertiary alicyclic amines) is 1. The number of rotatable bonds is 3. The fraction of sp³-hybridized carbons (Fsp3) is 0.316. The van der Waals surface area contributed by atoms with Crippen molar-refractivity contribution in [2.24, 2.45) is 5.92 Å². The second kappa shape index (κ2) is 8.18. The molecule has 1 atom stereocenters. The molecule has 0 bridgehead atoms. The quantitative estimate of drug-likeness (QED) is 0.780. The second-order valence-corrected chi connectivity index (χ2v) is 7.70. The van der Waals surface area contributed by atoms with E-state index in [9.17, 15) is 9.59 Å². The molecule has 136 valence electrons. The predicted octanol–water partition coefficient (Wildman–Crippen LogP) is 4.30. The van der Waals surface area contributed by atoms with Gasteiger partial charge >= 0.3 is 0 Å². The third-order valence-corrected chi connectivity index (χ3v) is 5.31. The maximum atomic E-state index is 12.8. The van der Waals surface area contributed by atoms with Gasteiger partial charge in [-0.3, -0.25) is 9.59 Å². The molecule has 1 aromatic heterocycles. The number of aromatic nitrogens is 1. The van der Waals surface area contributed by atoms with E-state index >= 15 is 0 Å². The van der Waals surface area contributed by atoms with Crippen molar-refractivity contribution in [2.75, 3.05) is 18.4 Å². The van der Waals surface area contributed by atoms with Gasteiger partial charge in [0.15, 0.2) is 0 Å². The van der Waals surface area contributed by atoms with Gasteiger partial charge in [-0.1, -0.05) is 33.6 Å². The third kappa shape index (κ3) is 4.24. The van der Waals surface area contributed by atoms with Crippen LogP contribution in [0.2, 0.25) is 5.02 Å². The Hall–Kier alpha value is -1.92. The van der Waals surface area contributed by atoms with Crippen molar-refractivity contribution in [1.29, 1.82) is 0 Å². The van der Waals surface area contributed by atoms with Gasteiger partial charge < -0.3 is 10.2 Å². The zero-order chi connectivity index (χ0) is 18.7. The lowest BCUT2D eigenvalue weighted by Gasteiger charge is -2.32. The van der Waals surface area contributed by atoms with Crippen LogP contribution in [0.5, 0.6) is 0 Å². The summed E-state index contributed by atoms with van der Waals surface area (Å²) in [6.07, 6.45) is 3.17. The summed E-state index contributed by atoms with van der Waals surface area (Å²) in [6, 6.07) is 8.92. The zero-order valence-electron chi connectivity index (χ0n) is 14.3. The van der Waals surface area contributed by atoms with Crippen LogP contribution >= 0.6 is 27.5 Å². The predicted molar refractivity (Wildman–Crippen MR) is 105 cm³/mol. The molecule has 1 fully saturated rings. The number of amides is 2. The second-order valence-electron chi connectivity index (χ2n) is 6.37. The van der Waals surface area contributed by atoms with Crippen LogP contribution in [0, 0.1) is 12.8 Å². The Morgan fingerprint density at radius 3 is 2.92 bits per heavy atom. The maximum absolute atomic E-state index is 12.8. The van der Waals surface area contributed by atoms with Gasteiger partial charge in [0.25, 0.3) is 5.91 Å². The van der Waals surface area contributed by atoms with E-state index in [2.05, 4.69) is 26.2 Å². The summed E-state index contributed by atoms with van der Waals surface area (Å²) in [4.78, 5) is 31.4. The largest absolute Gasteiger partial charge is 0.338 e. The van der Waals surface area contributed by atoms with Gasteiger partial charge in [0.2, 0.25) is 5.91 Å². The average Bonchev–Trinajstić information content (AvgIpc) is 2.65. The first-order valence-electron chi connectivity index (χ1n) is 8.42. The average molecular weight is 437 g/mol. The summed E-state index contributed by atoms with van der Waals surface area (Å²) in [5, 5.41) is 3.29. The van der Waals surface area contributed by atoms with Crippen LogP contribution in [-0.4, -0.2) is 34.8 Å². The fourth-order valence-corrected chi connectivity index (χ4v) is 3.60.